The van der Waals surface area contributed by atoms with Gasteiger partial charge in [-0.25, -0.2) is 9.86 Å². The molecular weight excluding hydrogens is 198 g/mol. The highest BCUT2D eigenvalue weighted by molar-refractivity contribution is 5.79. The Morgan fingerprint density at radius 2 is 2.20 bits per heavy atom. The molecule has 1 atom stereocenters. The highest BCUT2D eigenvalue weighted by Crippen LogP contribution is 2.18. The van der Waals surface area contributed by atoms with Gasteiger partial charge >= 0.3 is 6.03 Å². The fraction of sp³-hybridized carbons (Fsp3) is 0.778. The molecule has 0 aromatic carbocycles. The lowest BCUT2D eigenvalue weighted by atomic mass is 9.97. The Balaban J connectivity index is 2.56. The number of nitrogens with two attached hydrogens (primary N) is 1. The molecule has 86 valence electrons. The van der Waals surface area contributed by atoms with Crippen molar-refractivity contribution in [2.45, 2.75) is 12.8 Å². The Hall–Kier alpha value is -1.30. The van der Waals surface area contributed by atoms with Crippen molar-refractivity contribution in [1.82, 2.24) is 9.96 Å². The van der Waals surface area contributed by atoms with Crippen LogP contribution in [0.25, 0.3) is 0 Å². The number of hydrogen-bond acceptors (Lipinski definition) is 3. The van der Waals surface area contributed by atoms with Crippen LogP contribution in [0.4, 0.5) is 4.79 Å². The van der Waals surface area contributed by atoms with Crippen molar-refractivity contribution in [3.63, 3.8) is 0 Å². The van der Waals surface area contributed by atoms with Gasteiger partial charge in [0.2, 0.25) is 0 Å². The molecule has 1 aliphatic heterocycles. The Morgan fingerprint density at radius 1 is 1.53 bits per heavy atom. The molecule has 0 aliphatic carbocycles. The van der Waals surface area contributed by atoms with Crippen LogP contribution in [0.3, 0.4) is 0 Å². The number of nitrogens with zero attached hydrogens (tertiary/aromatic N) is 2. The molecule has 0 aromatic heterocycles. The zero-order valence-electron chi connectivity index (χ0n) is 9.10. The number of primary amides is 1. The van der Waals surface area contributed by atoms with Crippen LogP contribution < -0.4 is 5.73 Å². The van der Waals surface area contributed by atoms with Crippen molar-refractivity contribution in [2.75, 3.05) is 27.2 Å². The average Bonchev–Trinajstić information content (AvgIpc) is 2.27. The minimum Gasteiger partial charge on any atom is -0.351 e. The number of hydroxylamine groups is 2. The van der Waals surface area contributed by atoms with E-state index in [1.807, 2.05) is 0 Å². The van der Waals surface area contributed by atoms with E-state index in [0.717, 1.165) is 12.8 Å². The maximum absolute atomic E-state index is 11.7. The number of carbonyl (C=O) groups excluding carboxylic acids is 2. The minimum atomic E-state index is -0.465. The monoisotopic (exact) mass is 215 g/mol. The summed E-state index contributed by atoms with van der Waals surface area (Å²) in [7, 11) is 3.00. The quantitative estimate of drug-likeness (QED) is 0.648. The largest absolute Gasteiger partial charge is 0.351 e. The van der Waals surface area contributed by atoms with E-state index in [1.54, 1.807) is 7.05 Å². The second-order valence-corrected chi connectivity index (χ2v) is 3.64. The van der Waals surface area contributed by atoms with Crippen LogP contribution in [0.2, 0.25) is 0 Å². The summed E-state index contributed by atoms with van der Waals surface area (Å²) >= 11 is 0. The van der Waals surface area contributed by atoms with E-state index in [9.17, 15) is 9.59 Å². The van der Waals surface area contributed by atoms with Gasteiger partial charge in [-0.2, -0.15) is 0 Å². The molecule has 2 N–H and O–H groups in total. The first-order valence-electron chi connectivity index (χ1n) is 4.92. The molecule has 3 amide bonds. The van der Waals surface area contributed by atoms with Crippen molar-refractivity contribution in [1.29, 1.82) is 0 Å². The number of carbonyl (C=O) groups is 2. The van der Waals surface area contributed by atoms with E-state index in [0.29, 0.717) is 13.1 Å². The van der Waals surface area contributed by atoms with E-state index in [2.05, 4.69) is 0 Å². The van der Waals surface area contributed by atoms with E-state index >= 15 is 0 Å². The van der Waals surface area contributed by atoms with Crippen molar-refractivity contribution >= 4 is 11.9 Å². The number of rotatable bonds is 2. The second kappa shape index (κ2) is 4.97. The standard InChI is InChI=1S/C9H17N3O3/c1-11(15-2)8(13)7-4-3-5-12(6-7)9(10)14/h7H,3-6H2,1-2H3,(H2,10,14). The van der Waals surface area contributed by atoms with Gasteiger partial charge in [-0.3, -0.25) is 9.63 Å². The predicted molar refractivity (Wildman–Crippen MR) is 53.7 cm³/mol. The molecule has 1 saturated heterocycles. The zero-order valence-corrected chi connectivity index (χ0v) is 9.10. The maximum atomic E-state index is 11.7. The molecule has 1 aliphatic rings. The third-order valence-corrected chi connectivity index (χ3v) is 2.67. The van der Waals surface area contributed by atoms with Gasteiger partial charge in [0.05, 0.1) is 13.0 Å². The number of likely N-dealkylation sites (tertiary alicyclic amines) is 1. The van der Waals surface area contributed by atoms with Gasteiger partial charge in [0.25, 0.3) is 5.91 Å². The van der Waals surface area contributed by atoms with E-state index < -0.39 is 6.03 Å². The summed E-state index contributed by atoms with van der Waals surface area (Å²) in [5, 5.41) is 1.19. The Kier molecular flexibility index (Phi) is 3.90. The molecule has 0 aromatic rings. The molecular formula is C9H17N3O3. The molecule has 0 bridgehead atoms. The highest BCUT2D eigenvalue weighted by Gasteiger charge is 2.29. The summed E-state index contributed by atoms with van der Waals surface area (Å²) < 4.78 is 0. The Morgan fingerprint density at radius 3 is 2.73 bits per heavy atom. The van der Waals surface area contributed by atoms with Crippen LogP contribution >= 0.6 is 0 Å². The van der Waals surface area contributed by atoms with Gasteiger partial charge in [-0.05, 0) is 12.8 Å². The van der Waals surface area contributed by atoms with Crippen molar-refractivity contribution in [3.8, 4) is 0 Å². The maximum Gasteiger partial charge on any atom is 0.314 e. The van der Waals surface area contributed by atoms with Crippen LogP contribution in [0.15, 0.2) is 0 Å². The second-order valence-electron chi connectivity index (χ2n) is 3.64. The number of hydrogen-bond donors (Lipinski definition) is 1. The smallest absolute Gasteiger partial charge is 0.314 e. The molecule has 1 heterocycles. The van der Waals surface area contributed by atoms with Gasteiger partial charge < -0.3 is 10.6 Å². The molecule has 0 spiro atoms. The molecule has 0 radical (unpaired) electrons. The SMILES string of the molecule is CON(C)C(=O)C1CCCN(C(N)=O)C1. The Labute approximate surface area is 88.9 Å². The fourth-order valence-corrected chi connectivity index (χ4v) is 1.73. The number of amides is 3. The van der Waals surface area contributed by atoms with Crippen molar-refractivity contribution in [2.24, 2.45) is 11.7 Å². The first kappa shape index (κ1) is 11.8. The van der Waals surface area contributed by atoms with Crippen LogP contribution in [0.1, 0.15) is 12.8 Å². The topological polar surface area (TPSA) is 75.9 Å². The summed E-state index contributed by atoms with van der Waals surface area (Å²) in [5.74, 6) is -0.306. The first-order chi connectivity index (χ1) is 7.06. The van der Waals surface area contributed by atoms with Crippen molar-refractivity contribution < 1.29 is 14.4 Å². The lowest BCUT2D eigenvalue weighted by molar-refractivity contribution is -0.174. The van der Waals surface area contributed by atoms with Gasteiger partial charge in [-0.15, -0.1) is 0 Å². The normalized spacial score (nSPS) is 21.2. The summed E-state index contributed by atoms with van der Waals surface area (Å²) in [6, 6.07) is -0.465. The third kappa shape index (κ3) is 2.82. The van der Waals surface area contributed by atoms with E-state index in [4.69, 9.17) is 10.6 Å². The fourth-order valence-electron chi connectivity index (χ4n) is 1.73. The summed E-state index contributed by atoms with van der Waals surface area (Å²) in [5.41, 5.74) is 5.17. The number of urea groups is 1. The summed E-state index contributed by atoms with van der Waals surface area (Å²) in [6.45, 7) is 1.03. The zero-order chi connectivity index (χ0) is 11.4. The third-order valence-electron chi connectivity index (χ3n) is 2.67. The molecule has 1 unspecified atom stereocenters. The lowest BCUT2D eigenvalue weighted by Gasteiger charge is -2.32. The molecule has 1 rings (SSSR count). The highest BCUT2D eigenvalue weighted by atomic mass is 16.7. The summed E-state index contributed by atoms with van der Waals surface area (Å²) in [6.07, 6.45) is 1.58. The average molecular weight is 215 g/mol. The molecule has 0 saturated carbocycles. The van der Waals surface area contributed by atoms with Crippen LogP contribution in [-0.4, -0.2) is 49.1 Å². The van der Waals surface area contributed by atoms with Crippen LogP contribution in [-0.2, 0) is 9.63 Å². The van der Waals surface area contributed by atoms with Crippen LogP contribution in [0.5, 0.6) is 0 Å². The van der Waals surface area contributed by atoms with Crippen molar-refractivity contribution in [3.05, 3.63) is 0 Å². The molecule has 6 heteroatoms. The lowest BCUT2D eigenvalue weighted by Crippen LogP contribution is -2.47. The molecule has 1 fully saturated rings. The van der Waals surface area contributed by atoms with E-state index in [1.165, 1.54) is 17.1 Å². The predicted octanol–water partition coefficient (Wildman–Crippen LogP) is -0.203. The van der Waals surface area contributed by atoms with Gasteiger partial charge in [0, 0.05) is 20.1 Å². The van der Waals surface area contributed by atoms with Gasteiger partial charge in [-0.1, -0.05) is 0 Å². The van der Waals surface area contributed by atoms with E-state index in [-0.39, 0.29) is 11.8 Å². The van der Waals surface area contributed by atoms with Gasteiger partial charge in [0.15, 0.2) is 0 Å². The minimum absolute atomic E-state index is 0.108. The van der Waals surface area contributed by atoms with Crippen LogP contribution in [0, 0.1) is 5.92 Å². The Bertz CT molecular complexity index is 257. The molecule has 6 nitrogen and oxygen atoms in total. The first-order valence-corrected chi connectivity index (χ1v) is 4.92. The number of piperidine rings is 1. The molecule has 15 heavy (non-hydrogen) atoms. The summed E-state index contributed by atoms with van der Waals surface area (Å²) in [4.78, 5) is 29.0. The van der Waals surface area contributed by atoms with Gasteiger partial charge in [0.1, 0.15) is 0 Å².